The molecule has 2 rings (SSSR count). The number of hydrogen-bond acceptors (Lipinski definition) is 4. The molecule has 6 nitrogen and oxygen atoms in total. The Hall–Kier alpha value is -1.11. The Morgan fingerprint density at radius 1 is 0.952 bits per heavy atom. The van der Waals surface area contributed by atoms with E-state index in [1.165, 1.54) is 0 Å². The predicted molar refractivity (Wildman–Crippen MR) is 77.6 cm³/mol. The van der Waals surface area contributed by atoms with E-state index < -0.39 is 38.9 Å². The molecule has 120 valence electrons. The van der Waals surface area contributed by atoms with Crippen molar-refractivity contribution in [2.45, 2.75) is 62.7 Å². The van der Waals surface area contributed by atoms with Crippen LogP contribution < -0.4 is 5.32 Å². The van der Waals surface area contributed by atoms with Gasteiger partial charge < -0.3 is 10.4 Å². The number of amides is 1. The van der Waals surface area contributed by atoms with Crippen LogP contribution in [-0.4, -0.2) is 42.4 Å². The molecule has 1 aliphatic carbocycles. The zero-order valence-corrected chi connectivity index (χ0v) is 12.9. The fourth-order valence-electron chi connectivity index (χ4n) is 3.30. The van der Waals surface area contributed by atoms with E-state index in [-0.39, 0.29) is 5.75 Å². The zero-order valence-electron chi connectivity index (χ0n) is 12.1. The molecule has 0 spiro atoms. The first kappa shape index (κ1) is 16.3. The maximum absolute atomic E-state index is 12.3. The lowest BCUT2D eigenvalue weighted by Crippen LogP contribution is -2.50. The molecule has 2 aliphatic rings. The maximum atomic E-state index is 12.3. The van der Waals surface area contributed by atoms with Gasteiger partial charge >= 0.3 is 5.97 Å². The molecule has 1 aliphatic heterocycles. The summed E-state index contributed by atoms with van der Waals surface area (Å²) in [4.78, 5) is 23.6. The van der Waals surface area contributed by atoms with E-state index in [1.807, 2.05) is 0 Å². The average Bonchev–Trinajstić information content (AvgIpc) is 2.63. The number of carboxylic acids is 1. The van der Waals surface area contributed by atoms with Gasteiger partial charge in [0, 0.05) is 6.04 Å². The van der Waals surface area contributed by atoms with Crippen molar-refractivity contribution in [2.24, 2.45) is 5.92 Å². The van der Waals surface area contributed by atoms with Crippen LogP contribution in [0.15, 0.2) is 0 Å². The molecule has 2 N–H and O–H groups in total. The third kappa shape index (κ3) is 3.96. The number of aliphatic carboxylic acids is 1. The Morgan fingerprint density at radius 3 is 2.29 bits per heavy atom. The van der Waals surface area contributed by atoms with Crippen LogP contribution in [0.4, 0.5) is 0 Å². The minimum Gasteiger partial charge on any atom is -0.481 e. The molecule has 0 bridgehead atoms. The third-order valence-corrected chi connectivity index (χ3v) is 6.71. The van der Waals surface area contributed by atoms with E-state index >= 15 is 0 Å². The second-order valence-electron chi connectivity index (χ2n) is 6.05. The van der Waals surface area contributed by atoms with Crippen LogP contribution in [0.5, 0.6) is 0 Å². The quantitative estimate of drug-likeness (QED) is 0.759. The summed E-state index contributed by atoms with van der Waals surface area (Å²) in [6, 6.07) is -0.449. The summed E-state index contributed by atoms with van der Waals surface area (Å²) in [5.74, 6) is -1.97. The Balaban J connectivity index is 2.07. The highest BCUT2D eigenvalue weighted by atomic mass is 32.2. The van der Waals surface area contributed by atoms with Crippen molar-refractivity contribution in [3.63, 3.8) is 0 Å². The number of nitrogens with one attached hydrogen (secondary N) is 1. The van der Waals surface area contributed by atoms with Crippen LogP contribution in [-0.2, 0) is 19.4 Å². The lowest BCUT2D eigenvalue weighted by molar-refractivity contribution is -0.143. The Morgan fingerprint density at radius 2 is 1.62 bits per heavy atom. The van der Waals surface area contributed by atoms with E-state index in [4.69, 9.17) is 0 Å². The van der Waals surface area contributed by atoms with E-state index in [2.05, 4.69) is 5.32 Å². The lowest BCUT2D eigenvalue weighted by Gasteiger charge is -2.27. The van der Waals surface area contributed by atoms with Gasteiger partial charge in [-0.2, -0.15) is 0 Å². The monoisotopic (exact) mass is 317 g/mol. The molecular weight excluding hydrogens is 294 g/mol. The van der Waals surface area contributed by atoms with Crippen LogP contribution in [0.2, 0.25) is 0 Å². The summed E-state index contributed by atoms with van der Waals surface area (Å²) >= 11 is 0. The fourth-order valence-corrected chi connectivity index (χ4v) is 5.11. The molecular formula is C14H23NO5S. The Bertz CT molecular complexity index is 501. The highest BCUT2D eigenvalue weighted by molar-refractivity contribution is 7.92. The summed E-state index contributed by atoms with van der Waals surface area (Å²) < 4.78 is 23.9. The Labute approximate surface area is 125 Å². The molecule has 3 atom stereocenters. The fraction of sp³-hybridized carbons (Fsp3) is 0.857. The van der Waals surface area contributed by atoms with Crippen molar-refractivity contribution >= 4 is 21.7 Å². The largest absolute Gasteiger partial charge is 0.481 e. The van der Waals surface area contributed by atoms with Gasteiger partial charge in [0.1, 0.15) is 5.25 Å². The zero-order chi connectivity index (χ0) is 15.5. The van der Waals surface area contributed by atoms with Gasteiger partial charge in [0.15, 0.2) is 9.84 Å². The van der Waals surface area contributed by atoms with E-state index in [0.29, 0.717) is 25.7 Å². The van der Waals surface area contributed by atoms with Gasteiger partial charge in [-0.15, -0.1) is 0 Å². The number of hydrogen-bond donors (Lipinski definition) is 2. The van der Waals surface area contributed by atoms with Crippen LogP contribution in [0.1, 0.15) is 51.4 Å². The van der Waals surface area contributed by atoms with Crippen molar-refractivity contribution in [2.75, 3.05) is 5.75 Å². The lowest BCUT2D eigenvalue weighted by atomic mass is 9.94. The van der Waals surface area contributed by atoms with Crippen LogP contribution in [0, 0.1) is 5.92 Å². The first-order valence-electron chi connectivity index (χ1n) is 7.66. The van der Waals surface area contributed by atoms with Gasteiger partial charge in [0.2, 0.25) is 5.91 Å². The molecule has 0 aromatic heterocycles. The van der Waals surface area contributed by atoms with Gasteiger partial charge in [-0.3, -0.25) is 9.59 Å². The smallest absolute Gasteiger partial charge is 0.308 e. The average molecular weight is 317 g/mol. The van der Waals surface area contributed by atoms with E-state index in [9.17, 15) is 23.1 Å². The number of sulfone groups is 1. The first-order valence-corrected chi connectivity index (χ1v) is 9.38. The third-order valence-electron chi connectivity index (χ3n) is 4.53. The number of rotatable bonds is 3. The number of carbonyl (C=O) groups excluding carboxylic acids is 1. The molecule has 21 heavy (non-hydrogen) atoms. The van der Waals surface area contributed by atoms with Gasteiger partial charge in [-0.05, 0) is 25.7 Å². The van der Waals surface area contributed by atoms with E-state index in [0.717, 1.165) is 25.7 Å². The normalized spacial score (nSPS) is 32.9. The molecule has 2 fully saturated rings. The minimum absolute atomic E-state index is 0.0537. The SMILES string of the molecule is O=C(N[C@H]1CCCCC[C@H]1C(=O)O)C1CCCCS1(=O)=O. The molecule has 7 heteroatoms. The molecule has 1 saturated heterocycles. The molecule has 1 saturated carbocycles. The number of carboxylic acid groups (broad SMARTS) is 1. The van der Waals surface area contributed by atoms with Crippen molar-refractivity contribution in [3.05, 3.63) is 0 Å². The van der Waals surface area contributed by atoms with Crippen LogP contribution in [0.25, 0.3) is 0 Å². The van der Waals surface area contributed by atoms with Gasteiger partial charge in [-0.1, -0.05) is 25.7 Å². The van der Waals surface area contributed by atoms with Gasteiger partial charge in [-0.25, -0.2) is 8.42 Å². The van der Waals surface area contributed by atoms with Crippen molar-refractivity contribution in [3.8, 4) is 0 Å². The summed E-state index contributed by atoms with van der Waals surface area (Å²) in [6.07, 6.45) is 5.48. The van der Waals surface area contributed by atoms with Crippen LogP contribution >= 0.6 is 0 Å². The summed E-state index contributed by atoms with van der Waals surface area (Å²) in [6.45, 7) is 0. The summed E-state index contributed by atoms with van der Waals surface area (Å²) in [5.41, 5.74) is 0. The molecule has 0 aromatic rings. The van der Waals surface area contributed by atoms with Crippen molar-refractivity contribution < 1.29 is 23.1 Å². The first-order chi connectivity index (χ1) is 9.92. The standard InChI is InChI=1S/C14H23NO5S/c16-13(12-8-4-5-9-21(12,19)20)15-11-7-3-1-2-6-10(11)14(17)18/h10-12H,1-9H2,(H,15,16)(H,17,18)/t10-,11+,12?/m1/s1. The second-order valence-corrected chi connectivity index (χ2v) is 8.35. The molecule has 1 amide bonds. The highest BCUT2D eigenvalue weighted by Gasteiger charge is 2.38. The summed E-state index contributed by atoms with van der Waals surface area (Å²) in [7, 11) is -3.38. The minimum atomic E-state index is -3.38. The molecule has 0 radical (unpaired) electrons. The highest BCUT2D eigenvalue weighted by Crippen LogP contribution is 2.25. The van der Waals surface area contributed by atoms with Gasteiger partial charge in [0.05, 0.1) is 11.7 Å². The molecule has 1 heterocycles. The molecule has 1 unspecified atom stereocenters. The maximum Gasteiger partial charge on any atom is 0.308 e. The number of carbonyl (C=O) groups is 2. The second kappa shape index (κ2) is 6.77. The molecule has 0 aromatic carbocycles. The van der Waals surface area contributed by atoms with Crippen LogP contribution in [0.3, 0.4) is 0 Å². The van der Waals surface area contributed by atoms with Crippen molar-refractivity contribution in [1.29, 1.82) is 0 Å². The predicted octanol–water partition coefficient (Wildman–Crippen LogP) is 1.10. The van der Waals surface area contributed by atoms with Crippen molar-refractivity contribution in [1.82, 2.24) is 5.32 Å². The van der Waals surface area contributed by atoms with Gasteiger partial charge in [0.25, 0.3) is 0 Å². The topological polar surface area (TPSA) is 101 Å². The summed E-state index contributed by atoms with van der Waals surface area (Å²) in [5, 5.41) is 11.0. The Kier molecular flexibility index (Phi) is 5.24. The van der Waals surface area contributed by atoms with E-state index in [1.54, 1.807) is 0 Å².